The highest BCUT2D eigenvalue weighted by Crippen LogP contribution is 2.20. The number of benzene rings is 1. The van der Waals surface area contributed by atoms with Crippen LogP contribution in [-0.4, -0.2) is 12.7 Å². The molecule has 1 heteroatoms. The molecule has 0 aliphatic carbocycles. The molecule has 1 unspecified atom stereocenters. The highest BCUT2D eigenvalue weighted by molar-refractivity contribution is 5.33. The first-order valence-electron chi connectivity index (χ1n) is 4.44. The zero-order chi connectivity index (χ0) is 8.55. The molecule has 64 valence electrons. The topological polar surface area (TPSA) is 12.5 Å². The SMILES string of the molecule is Cc1cccc(CC2CO2)c1C. The molecule has 12 heavy (non-hydrogen) atoms. The molecule has 0 N–H and O–H groups in total. The van der Waals surface area contributed by atoms with Crippen molar-refractivity contribution in [1.29, 1.82) is 0 Å². The van der Waals surface area contributed by atoms with Crippen LogP contribution in [0.5, 0.6) is 0 Å². The number of epoxide rings is 1. The maximum absolute atomic E-state index is 5.21. The standard InChI is InChI=1S/C11H14O/c1-8-4-3-5-10(9(8)2)6-11-7-12-11/h3-5,11H,6-7H2,1-2H3. The molecule has 0 spiro atoms. The molecule has 1 fully saturated rings. The highest BCUT2D eigenvalue weighted by Gasteiger charge is 2.23. The van der Waals surface area contributed by atoms with Crippen LogP contribution in [0.4, 0.5) is 0 Å². The first-order valence-corrected chi connectivity index (χ1v) is 4.44. The van der Waals surface area contributed by atoms with Gasteiger partial charge in [0.1, 0.15) is 0 Å². The van der Waals surface area contributed by atoms with Crippen molar-refractivity contribution in [1.82, 2.24) is 0 Å². The Morgan fingerprint density at radius 1 is 1.42 bits per heavy atom. The molecule has 0 saturated carbocycles. The average molecular weight is 162 g/mol. The molecule has 1 nitrogen and oxygen atoms in total. The summed E-state index contributed by atoms with van der Waals surface area (Å²) >= 11 is 0. The van der Waals surface area contributed by atoms with Gasteiger partial charge in [0.2, 0.25) is 0 Å². The summed E-state index contributed by atoms with van der Waals surface area (Å²) < 4.78 is 5.21. The van der Waals surface area contributed by atoms with Crippen molar-refractivity contribution in [3.63, 3.8) is 0 Å². The molecule has 0 amide bonds. The van der Waals surface area contributed by atoms with E-state index < -0.39 is 0 Å². The van der Waals surface area contributed by atoms with E-state index in [0.29, 0.717) is 6.10 Å². The predicted octanol–water partition coefficient (Wildman–Crippen LogP) is 2.24. The Kier molecular flexibility index (Phi) is 1.89. The Labute approximate surface area is 73.4 Å². The monoisotopic (exact) mass is 162 g/mol. The largest absolute Gasteiger partial charge is 0.373 e. The summed E-state index contributed by atoms with van der Waals surface area (Å²) in [6.07, 6.45) is 1.60. The Morgan fingerprint density at radius 2 is 2.17 bits per heavy atom. The Morgan fingerprint density at radius 3 is 2.83 bits per heavy atom. The quantitative estimate of drug-likeness (QED) is 0.607. The minimum Gasteiger partial charge on any atom is -0.373 e. The lowest BCUT2D eigenvalue weighted by Crippen LogP contribution is -1.97. The van der Waals surface area contributed by atoms with Crippen molar-refractivity contribution in [2.75, 3.05) is 6.61 Å². The summed E-state index contributed by atoms with van der Waals surface area (Å²) in [5, 5.41) is 0. The minimum atomic E-state index is 0.505. The molecule has 1 aromatic rings. The molecule has 1 aliphatic rings. The summed E-state index contributed by atoms with van der Waals surface area (Å²) in [4.78, 5) is 0. The Hall–Kier alpha value is -0.820. The van der Waals surface area contributed by atoms with E-state index in [9.17, 15) is 0 Å². The molecule has 0 radical (unpaired) electrons. The maximum Gasteiger partial charge on any atom is 0.0850 e. The Bertz CT molecular complexity index is 287. The predicted molar refractivity (Wildman–Crippen MR) is 49.4 cm³/mol. The van der Waals surface area contributed by atoms with Crippen molar-refractivity contribution < 1.29 is 4.74 Å². The zero-order valence-electron chi connectivity index (χ0n) is 7.63. The van der Waals surface area contributed by atoms with Crippen molar-refractivity contribution in [3.05, 3.63) is 34.9 Å². The van der Waals surface area contributed by atoms with Crippen LogP contribution in [0.3, 0.4) is 0 Å². The lowest BCUT2D eigenvalue weighted by molar-refractivity contribution is 0.407. The second-order valence-electron chi connectivity index (χ2n) is 3.52. The van der Waals surface area contributed by atoms with Gasteiger partial charge in [0.15, 0.2) is 0 Å². The fourth-order valence-electron chi connectivity index (χ4n) is 1.46. The molecule has 2 rings (SSSR count). The van der Waals surface area contributed by atoms with Crippen LogP contribution in [0.1, 0.15) is 16.7 Å². The smallest absolute Gasteiger partial charge is 0.0850 e. The van der Waals surface area contributed by atoms with Gasteiger partial charge in [-0.2, -0.15) is 0 Å². The van der Waals surface area contributed by atoms with Crippen LogP contribution in [0.15, 0.2) is 18.2 Å². The normalized spacial score (nSPS) is 21.0. The van der Waals surface area contributed by atoms with Gasteiger partial charge in [-0.15, -0.1) is 0 Å². The number of hydrogen-bond donors (Lipinski definition) is 0. The van der Waals surface area contributed by atoms with Gasteiger partial charge >= 0.3 is 0 Å². The lowest BCUT2D eigenvalue weighted by Gasteiger charge is -2.05. The van der Waals surface area contributed by atoms with E-state index >= 15 is 0 Å². The number of ether oxygens (including phenoxy) is 1. The van der Waals surface area contributed by atoms with Crippen molar-refractivity contribution in [2.45, 2.75) is 26.4 Å². The molecule has 0 aromatic heterocycles. The van der Waals surface area contributed by atoms with Crippen LogP contribution >= 0.6 is 0 Å². The summed E-state index contributed by atoms with van der Waals surface area (Å²) in [6, 6.07) is 6.48. The average Bonchev–Trinajstić information content (AvgIpc) is 2.83. The molecule has 1 atom stereocenters. The third kappa shape index (κ3) is 1.51. The first-order chi connectivity index (χ1) is 5.77. The van der Waals surface area contributed by atoms with E-state index in [0.717, 1.165) is 13.0 Å². The van der Waals surface area contributed by atoms with Crippen molar-refractivity contribution in [2.24, 2.45) is 0 Å². The molecular weight excluding hydrogens is 148 g/mol. The van der Waals surface area contributed by atoms with Gasteiger partial charge in [-0.05, 0) is 30.5 Å². The number of aryl methyl sites for hydroxylation is 1. The molecule has 1 heterocycles. The van der Waals surface area contributed by atoms with E-state index in [2.05, 4.69) is 32.0 Å². The zero-order valence-corrected chi connectivity index (χ0v) is 7.63. The van der Waals surface area contributed by atoms with E-state index in [1.165, 1.54) is 16.7 Å². The maximum atomic E-state index is 5.21. The highest BCUT2D eigenvalue weighted by atomic mass is 16.6. The lowest BCUT2D eigenvalue weighted by atomic mass is 10.00. The van der Waals surface area contributed by atoms with Gasteiger partial charge in [0.05, 0.1) is 12.7 Å². The van der Waals surface area contributed by atoms with Gasteiger partial charge in [-0.1, -0.05) is 18.2 Å². The van der Waals surface area contributed by atoms with Crippen molar-refractivity contribution >= 4 is 0 Å². The van der Waals surface area contributed by atoms with Crippen LogP contribution in [0, 0.1) is 13.8 Å². The van der Waals surface area contributed by atoms with Crippen LogP contribution < -0.4 is 0 Å². The Balaban J connectivity index is 2.23. The molecule has 0 bridgehead atoms. The second-order valence-corrected chi connectivity index (χ2v) is 3.52. The van der Waals surface area contributed by atoms with E-state index in [1.54, 1.807) is 0 Å². The summed E-state index contributed by atoms with van der Waals surface area (Å²) in [7, 11) is 0. The molecule has 1 saturated heterocycles. The van der Waals surface area contributed by atoms with E-state index in [-0.39, 0.29) is 0 Å². The van der Waals surface area contributed by atoms with Gasteiger partial charge in [-0.3, -0.25) is 0 Å². The third-order valence-electron chi connectivity index (χ3n) is 2.57. The van der Waals surface area contributed by atoms with Gasteiger partial charge in [0.25, 0.3) is 0 Å². The third-order valence-corrected chi connectivity index (χ3v) is 2.57. The summed E-state index contributed by atoms with van der Waals surface area (Å²) in [5.41, 5.74) is 4.25. The van der Waals surface area contributed by atoms with Crippen LogP contribution in [0.25, 0.3) is 0 Å². The molecular formula is C11H14O. The van der Waals surface area contributed by atoms with E-state index in [1.807, 2.05) is 0 Å². The molecule has 1 aliphatic heterocycles. The summed E-state index contributed by atoms with van der Waals surface area (Å²) in [5.74, 6) is 0. The van der Waals surface area contributed by atoms with Crippen LogP contribution in [0.2, 0.25) is 0 Å². The fraction of sp³-hybridized carbons (Fsp3) is 0.455. The van der Waals surface area contributed by atoms with Crippen LogP contribution in [-0.2, 0) is 11.2 Å². The number of hydrogen-bond acceptors (Lipinski definition) is 1. The van der Waals surface area contributed by atoms with Crippen molar-refractivity contribution in [3.8, 4) is 0 Å². The van der Waals surface area contributed by atoms with Gasteiger partial charge in [0, 0.05) is 6.42 Å². The molecule has 1 aromatic carbocycles. The second kappa shape index (κ2) is 2.91. The fourth-order valence-corrected chi connectivity index (χ4v) is 1.46. The first kappa shape index (κ1) is 7.81. The van der Waals surface area contributed by atoms with Gasteiger partial charge < -0.3 is 4.74 Å². The minimum absolute atomic E-state index is 0.505. The number of rotatable bonds is 2. The van der Waals surface area contributed by atoms with E-state index in [4.69, 9.17) is 4.74 Å². The summed E-state index contributed by atoms with van der Waals surface area (Å²) in [6.45, 7) is 5.30. The van der Waals surface area contributed by atoms with Gasteiger partial charge in [-0.25, -0.2) is 0 Å².